The average molecular weight is 236 g/mol. The van der Waals surface area contributed by atoms with E-state index >= 15 is 0 Å². The van der Waals surface area contributed by atoms with Gasteiger partial charge in [-0.05, 0) is 36.8 Å². The molecule has 4 heteroatoms. The van der Waals surface area contributed by atoms with Gasteiger partial charge in [0, 0.05) is 10.6 Å². The van der Waals surface area contributed by atoms with E-state index in [2.05, 4.69) is 5.16 Å². The molecular formula is C12H10ClNO2. The molecule has 0 saturated heterocycles. The predicted molar refractivity (Wildman–Crippen MR) is 63.3 cm³/mol. The molecule has 1 N–H and O–H groups in total. The number of hydrogen-bond acceptors (Lipinski definition) is 3. The van der Waals surface area contributed by atoms with E-state index in [1.165, 1.54) is 6.21 Å². The summed E-state index contributed by atoms with van der Waals surface area (Å²) in [5.74, 6) is 1.20. The van der Waals surface area contributed by atoms with Gasteiger partial charge in [0.2, 0.25) is 0 Å². The van der Waals surface area contributed by atoms with E-state index < -0.39 is 0 Å². The van der Waals surface area contributed by atoms with Crippen LogP contribution in [0.4, 0.5) is 0 Å². The molecule has 0 aliphatic heterocycles. The van der Waals surface area contributed by atoms with Gasteiger partial charge in [-0.25, -0.2) is 0 Å². The van der Waals surface area contributed by atoms with Gasteiger partial charge in [-0.15, -0.1) is 0 Å². The predicted octanol–water partition coefficient (Wildman–Crippen LogP) is 3.72. The molecule has 0 atom stereocenters. The second-order valence-electron chi connectivity index (χ2n) is 3.41. The third-order valence-corrected chi connectivity index (χ3v) is 2.51. The lowest BCUT2D eigenvalue weighted by molar-refractivity contribution is 0.321. The molecule has 0 spiro atoms. The molecule has 2 aromatic rings. The number of hydrogen-bond donors (Lipinski definition) is 1. The van der Waals surface area contributed by atoms with Gasteiger partial charge in [-0.2, -0.15) is 0 Å². The van der Waals surface area contributed by atoms with E-state index in [-0.39, 0.29) is 0 Å². The van der Waals surface area contributed by atoms with Crippen LogP contribution in [0.3, 0.4) is 0 Å². The first-order valence-corrected chi connectivity index (χ1v) is 5.12. The van der Waals surface area contributed by atoms with Crippen LogP contribution in [0.15, 0.2) is 39.9 Å². The molecule has 0 amide bonds. The maximum Gasteiger partial charge on any atom is 0.149 e. The summed E-state index contributed by atoms with van der Waals surface area (Å²) in [5.41, 5.74) is 2.01. The van der Waals surface area contributed by atoms with Crippen LogP contribution < -0.4 is 0 Å². The smallest absolute Gasteiger partial charge is 0.149 e. The van der Waals surface area contributed by atoms with E-state index in [9.17, 15) is 0 Å². The lowest BCUT2D eigenvalue weighted by atomic mass is 10.1. The topological polar surface area (TPSA) is 45.7 Å². The fraction of sp³-hybridized carbons (Fsp3) is 0.0833. The normalized spacial score (nSPS) is 11.1. The first-order chi connectivity index (χ1) is 7.70. The van der Waals surface area contributed by atoms with Crippen molar-refractivity contribution in [2.75, 3.05) is 0 Å². The third-order valence-electron chi connectivity index (χ3n) is 2.28. The summed E-state index contributed by atoms with van der Waals surface area (Å²) in [6.07, 6.45) is 1.24. The summed E-state index contributed by atoms with van der Waals surface area (Å²) in [4.78, 5) is 0. The maximum atomic E-state index is 8.39. The fourth-order valence-electron chi connectivity index (χ4n) is 1.48. The van der Waals surface area contributed by atoms with Crippen LogP contribution in [-0.4, -0.2) is 11.4 Å². The Labute approximate surface area is 98.0 Å². The summed E-state index contributed by atoms with van der Waals surface area (Å²) in [6, 6.07) is 9.15. The molecule has 2 rings (SSSR count). The Morgan fingerprint density at radius 2 is 2.12 bits per heavy atom. The Balaban J connectivity index is 2.45. The summed E-state index contributed by atoms with van der Waals surface area (Å²) in [7, 11) is 0. The van der Waals surface area contributed by atoms with Crippen LogP contribution in [0, 0.1) is 6.92 Å². The number of oxime groups is 1. The first-order valence-electron chi connectivity index (χ1n) is 4.74. The van der Waals surface area contributed by atoms with Crippen molar-refractivity contribution in [1.82, 2.24) is 0 Å². The maximum absolute atomic E-state index is 8.39. The minimum Gasteiger partial charge on any atom is -0.455 e. The molecule has 0 fully saturated rings. The van der Waals surface area contributed by atoms with Crippen LogP contribution in [0.1, 0.15) is 11.3 Å². The molecule has 82 valence electrons. The largest absolute Gasteiger partial charge is 0.455 e. The van der Waals surface area contributed by atoms with Crippen molar-refractivity contribution >= 4 is 17.8 Å². The molecule has 0 radical (unpaired) electrons. The van der Waals surface area contributed by atoms with Gasteiger partial charge in [0.15, 0.2) is 0 Å². The van der Waals surface area contributed by atoms with E-state index in [4.69, 9.17) is 21.2 Å². The molecule has 0 bridgehead atoms. The van der Waals surface area contributed by atoms with Crippen LogP contribution in [0.5, 0.6) is 0 Å². The van der Waals surface area contributed by atoms with Crippen molar-refractivity contribution in [2.45, 2.75) is 6.92 Å². The van der Waals surface area contributed by atoms with Crippen molar-refractivity contribution in [1.29, 1.82) is 0 Å². The molecule has 16 heavy (non-hydrogen) atoms. The van der Waals surface area contributed by atoms with Gasteiger partial charge < -0.3 is 9.62 Å². The van der Waals surface area contributed by atoms with Crippen LogP contribution in [-0.2, 0) is 0 Å². The SMILES string of the molecule is Cc1ccc(Cl)cc1-c1ccc(/C=N/O)o1. The second-order valence-corrected chi connectivity index (χ2v) is 3.84. The molecule has 0 unspecified atom stereocenters. The van der Waals surface area contributed by atoms with E-state index in [1.807, 2.05) is 31.2 Å². The zero-order valence-electron chi connectivity index (χ0n) is 8.64. The van der Waals surface area contributed by atoms with Gasteiger partial charge in [0.25, 0.3) is 0 Å². The van der Waals surface area contributed by atoms with Gasteiger partial charge in [-0.3, -0.25) is 0 Å². The number of furan rings is 1. The highest BCUT2D eigenvalue weighted by Crippen LogP contribution is 2.27. The zero-order valence-corrected chi connectivity index (χ0v) is 9.40. The number of halogens is 1. The van der Waals surface area contributed by atoms with Crippen molar-refractivity contribution < 1.29 is 9.62 Å². The number of benzene rings is 1. The highest BCUT2D eigenvalue weighted by Gasteiger charge is 2.07. The molecule has 0 aliphatic rings. The van der Waals surface area contributed by atoms with Gasteiger partial charge in [0.05, 0.1) is 0 Å². The molecule has 0 saturated carbocycles. The first kappa shape index (κ1) is 10.8. The van der Waals surface area contributed by atoms with E-state index in [0.29, 0.717) is 16.5 Å². The number of nitrogens with zero attached hydrogens (tertiary/aromatic N) is 1. The highest BCUT2D eigenvalue weighted by atomic mass is 35.5. The molecule has 1 aromatic carbocycles. The molecule has 3 nitrogen and oxygen atoms in total. The highest BCUT2D eigenvalue weighted by molar-refractivity contribution is 6.30. The third kappa shape index (κ3) is 2.09. The quantitative estimate of drug-likeness (QED) is 0.490. The molecule has 1 heterocycles. The van der Waals surface area contributed by atoms with Crippen LogP contribution in [0.2, 0.25) is 5.02 Å². The standard InChI is InChI=1S/C12H10ClNO2/c1-8-2-3-9(13)6-11(8)12-5-4-10(16-12)7-14-15/h2-7,15H,1H3/b14-7+. The lowest BCUT2D eigenvalue weighted by Gasteiger charge is -2.02. The summed E-state index contributed by atoms with van der Waals surface area (Å²) < 4.78 is 5.48. The molecule has 1 aromatic heterocycles. The lowest BCUT2D eigenvalue weighted by Crippen LogP contribution is -1.80. The van der Waals surface area contributed by atoms with Crippen molar-refractivity contribution in [3.05, 3.63) is 46.7 Å². The Morgan fingerprint density at radius 3 is 2.88 bits per heavy atom. The van der Waals surface area contributed by atoms with Crippen molar-refractivity contribution in [3.63, 3.8) is 0 Å². The van der Waals surface area contributed by atoms with E-state index in [0.717, 1.165) is 11.1 Å². The Bertz CT molecular complexity index is 532. The zero-order chi connectivity index (χ0) is 11.5. The van der Waals surface area contributed by atoms with Crippen LogP contribution in [0.25, 0.3) is 11.3 Å². The average Bonchev–Trinajstić information content (AvgIpc) is 2.71. The second kappa shape index (κ2) is 4.41. The molecule has 0 aliphatic carbocycles. The minimum atomic E-state index is 0.497. The summed E-state index contributed by atoms with van der Waals surface area (Å²) >= 11 is 5.93. The number of aryl methyl sites for hydroxylation is 1. The fourth-order valence-corrected chi connectivity index (χ4v) is 1.66. The van der Waals surface area contributed by atoms with Crippen molar-refractivity contribution in [2.24, 2.45) is 5.16 Å². The van der Waals surface area contributed by atoms with Crippen molar-refractivity contribution in [3.8, 4) is 11.3 Å². The Kier molecular flexibility index (Phi) is 2.97. The Morgan fingerprint density at radius 1 is 1.31 bits per heavy atom. The minimum absolute atomic E-state index is 0.497. The summed E-state index contributed by atoms with van der Waals surface area (Å²) in [6.45, 7) is 1.98. The molecular weight excluding hydrogens is 226 g/mol. The van der Waals surface area contributed by atoms with E-state index in [1.54, 1.807) is 6.07 Å². The van der Waals surface area contributed by atoms with Gasteiger partial charge in [-0.1, -0.05) is 22.8 Å². The number of rotatable bonds is 2. The van der Waals surface area contributed by atoms with Crippen LogP contribution >= 0.6 is 11.6 Å². The van der Waals surface area contributed by atoms with Gasteiger partial charge >= 0.3 is 0 Å². The summed E-state index contributed by atoms with van der Waals surface area (Å²) in [5, 5.41) is 12.0. The van der Waals surface area contributed by atoms with Gasteiger partial charge in [0.1, 0.15) is 17.7 Å². The Hall–Kier alpha value is -1.74. The monoisotopic (exact) mass is 235 g/mol.